The maximum Gasteiger partial charge on any atom is 0.0541 e. The van der Waals surface area contributed by atoms with Crippen LogP contribution in [0.5, 0.6) is 0 Å². The molecule has 280 valence electrons. The summed E-state index contributed by atoms with van der Waals surface area (Å²) in [5.41, 5.74) is 19.5. The van der Waals surface area contributed by atoms with E-state index in [0.717, 1.165) is 22.7 Å². The minimum atomic E-state index is -0.192. The zero-order valence-corrected chi connectivity index (χ0v) is 33.2. The van der Waals surface area contributed by atoms with Crippen molar-refractivity contribution in [3.8, 4) is 50.2 Å². The first-order valence-electron chi connectivity index (χ1n) is 20.5. The Kier molecular flexibility index (Phi) is 8.20. The number of benzene rings is 9. The van der Waals surface area contributed by atoms with E-state index in [0.29, 0.717) is 0 Å². The highest BCUT2D eigenvalue weighted by molar-refractivity contribution is 6.10. The normalized spacial score (nSPS) is 12.7. The largest absolute Gasteiger partial charge is 0.310 e. The molecule has 0 N–H and O–H groups in total. The third-order valence-corrected chi connectivity index (χ3v) is 12.4. The number of rotatable bonds is 7. The zero-order valence-electron chi connectivity index (χ0n) is 33.2. The summed E-state index contributed by atoms with van der Waals surface area (Å²) in [7, 11) is 0. The van der Waals surface area contributed by atoms with E-state index in [2.05, 4.69) is 242 Å². The lowest BCUT2D eigenvalue weighted by atomic mass is 9.81. The molecule has 59 heavy (non-hydrogen) atoms. The van der Waals surface area contributed by atoms with Gasteiger partial charge in [-0.2, -0.15) is 0 Å². The molecule has 0 fully saturated rings. The fourth-order valence-electron chi connectivity index (χ4n) is 9.37. The van der Waals surface area contributed by atoms with Crippen molar-refractivity contribution < 1.29 is 0 Å². The number of aromatic nitrogens is 1. The monoisotopic (exact) mass is 754 g/mol. The number of fused-ring (bicyclic) bond motifs is 6. The Hall–Kier alpha value is -7.42. The van der Waals surface area contributed by atoms with Gasteiger partial charge in [-0.05, 0) is 128 Å². The molecule has 0 saturated heterocycles. The highest BCUT2D eigenvalue weighted by Crippen LogP contribution is 2.52. The minimum Gasteiger partial charge on any atom is -0.310 e. The molecule has 1 aromatic heterocycles. The van der Waals surface area contributed by atoms with Crippen molar-refractivity contribution in [3.63, 3.8) is 0 Å². The molecule has 0 unspecified atom stereocenters. The van der Waals surface area contributed by atoms with Crippen LogP contribution in [0.2, 0.25) is 0 Å². The lowest BCUT2D eigenvalue weighted by Crippen LogP contribution is -2.16. The molecule has 0 amide bonds. The second-order valence-electron chi connectivity index (χ2n) is 16.2. The van der Waals surface area contributed by atoms with Gasteiger partial charge in [0.05, 0.1) is 11.0 Å². The fourth-order valence-corrected chi connectivity index (χ4v) is 9.37. The van der Waals surface area contributed by atoms with Gasteiger partial charge < -0.3 is 9.47 Å². The Morgan fingerprint density at radius 3 is 1.47 bits per heavy atom. The molecule has 0 aliphatic heterocycles. The molecule has 1 aliphatic carbocycles. The molecule has 0 spiro atoms. The highest BCUT2D eigenvalue weighted by Gasteiger charge is 2.36. The molecule has 11 rings (SSSR count). The van der Waals surface area contributed by atoms with E-state index in [-0.39, 0.29) is 5.41 Å². The summed E-state index contributed by atoms with van der Waals surface area (Å²) in [6.45, 7) is 4.76. The van der Waals surface area contributed by atoms with Crippen molar-refractivity contribution >= 4 is 38.9 Å². The number of nitrogens with zero attached hydrogens (tertiary/aromatic N) is 2. The molecular formula is C57H42N2. The molecule has 1 aliphatic rings. The number of anilines is 3. The molecular weight excluding hydrogens is 713 g/mol. The molecule has 0 radical (unpaired) electrons. The van der Waals surface area contributed by atoms with Crippen LogP contribution >= 0.6 is 0 Å². The molecule has 2 heteroatoms. The molecule has 2 nitrogen and oxygen atoms in total. The van der Waals surface area contributed by atoms with Crippen LogP contribution in [0.4, 0.5) is 17.1 Å². The minimum absolute atomic E-state index is 0.192. The molecule has 0 atom stereocenters. The molecule has 10 aromatic rings. The summed E-state index contributed by atoms with van der Waals surface area (Å²) < 4.78 is 2.40. The Morgan fingerprint density at radius 2 is 0.797 bits per heavy atom. The van der Waals surface area contributed by atoms with Crippen LogP contribution in [0.3, 0.4) is 0 Å². The van der Waals surface area contributed by atoms with Gasteiger partial charge in [0.15, 0.2) is 0 Å². The van der Waals surface area contributed by atoms with E-state index >= 15 is 0 Å². The first-order chi connectivity index (χ1) is 29.0. The van der Waals surface area contributed by atoms with Gasteiger partial charge in [-0.15, -0.1) is 0 Å². The number of hydrogen-bond acceptors (Lipinski definition) is 1. The van der Waals surface area contributed by atoms with Crippen molar-refractivity contribution in [1.82, 2.24) is 4.57 Å². The van der Waals surface area contributed by atoms with Crippen molar-refractivity contribution in [3.05, 3.63) is 230 Å². The SMILES string of the molecule is CC1(C)c2cc(-c3ccc4c(c3)c3ccccc3n4-c3ccc(-c4ccccc4)cc3)ccc2-c2ccc(N(c3ccccc3)c3ccc(-c4ccccc4)cc3)cc21. The molecule has 9 aromatic carbocycles. The quantitative estimate of drug-likeness (QED) is 0.157. The zero-order chi connectivity index (χ0) is 39.5. The first kappa shape index (κ1) is 34.8. The topological polar surface area (TPSA) is 8.17 Å². The van der Waals surface area contributed by atoms with Gasteiger partial charge >= 0.3 is 0 Å². The molecule has 1 heterocycles. The van der Waals surface area contributed by atoms with Crippen LogP contribution in [0, 0.1) is 0 Å². The Labute approximate surface area is 345 Å². The second kappa shape index (κ2) is 13.9. The lowest BCUT2D eigenvalue weighted by molar-refractivity contribution is 0.660. The van der Waals surface area contributed by atoms with Gasteiger partial charge in [0.2, 0.25) is 0 Å². The summed E-state index contributed by atoms with van der Waals surface area (Å²) in [5, 5.41) is 2.52. The molecule has 0 saturated carbocycles. The standard InChI is InChI=1S/C57H42N2/c1-57(2)53-37-44(43-27-35-56-52(36-43)51-20-12-13-21-55(51)59(56)47-30-24-42(25-31-47)40-16-8-4-9-17-40)26-33-49(53)50-34-32-48(38-54(50)57)58(45-18-10-5-11-19-45)46-28-22-41(23-29-46)39-14-6-3-7-15-39/h3-38H,1-2H3. The van der Waals surface area contributed by atoms with Crippen molar-refractivity contribution in [1.29, 1.82) is 0 Å². The predicted octanol–water partition coefficient (Wildman–Crippen LogP) is 15.6. The molecule has 0 bridgehead atoms. The van der Waals surface area contributed by atoms with Gasteiger partial charge in [0.1, 0.15) is 0 Å². The van der Waals surface area contributed by atoms with Crippen molar-refractivity contribution in [2.75, 3.05) is 4.90 Å². The van der Waals surface area contributed by atoms with Crippen LogP contribution in [-0.4, -0.2) is 4.57 Å². The fraction of sp³-hybridized carbons (Fsp3) is 0.0526. The summed E-state index contributed by atoms with van der Waals surface area (Å²) in [5.74, 6) is 0. The maximum atomic E-state index is 2.44. The van der Waals surface area contributed by atoms with Crippen molar-refractivity contribution in [2.24, 2.45) is 0 Å². The van der Waals surface area contributed by atoms with Crippen LogP contribution in [0.15, 0.2) is 218 Å². The Bertz CT molecular complexity index is 3140. The lowest BCUT2D eigenvalue weighted by Gasteiger charge is -2.28. The maximum absolute atomic E-state index is 2.44. The van der Waals surface area contributed by atoms with Crippen LogP contribution in [0.1, 0.15) is 25.0 Å². The summed E-state index contributed by atoms with van der Waals surface area (Å²) in [4.78, 5) is 2.38. The van der Waals surface area contributed by atoms with Gasteiger partial charge in [-0.3, -0.25) is 0 Å². The predicted molar refractivity (Wildman–Crippen MR) is 249 cm³/mol. The number of para-hydroxylation sites is 2. The Morgan fingerprint density at radius 1 is 0.339 bits per heavy atom. The average molecular weight is 755 g/mol. The third-order valence-electron chi connectivity index (χ3n) is 12.4. The summed E-state index contributed by atoms with van der Waals surface area (Å²) >= 11 is 0. The highest BCUT2D eigenvalue weighted by atomic mass is 15.1. The first-order valence-corrected chi connectivity index (χ1v) is 20.5. The van der Waals surface area contributed by atoms with Crippen LogP contribution in [0.25, 0.3) is 72.0 Å². The van der Waals surface area contributed by atoms with E-state index in [1.165, 1.54) is 77.4 Å². The van der Waals surface area contributed by atoms with E-state index in [1.54, 1.807) is 0 Å². The summed E-state index contributed by atoms with van der Waals surface area (Å²) in [6.07, 6.45) is 0. The van der Waals surface area contributed by atoms with Crippen LogP contribution < -0.4 is 4.90 Å². The number of hydrogen-bond donors (Lipinski definition) is 0. The second-order valence-corrected chi connectivity index (χ2v) is 16.2. The van der Waals surface area contributed by atoms with Crippen molar-refractivity contribution in [2.45, 2.75) is 19.3 Å². The van der Waals surface area contributed by atoms with Crippen LogP contribution in [-0.2, 0) is 5.41 Å². The van der Waals surface area contributed by atoms with E-state index < -0.39 is 0 Å². The van der Waals surface area contributed by atoms with Gasteiger partial charge in [-0.25, -0.2) is 0 Å². The van der Waals surface area contributed by atoms with Gasteiger partial charge in [0.25, 0.3) is 0 Å². The van der Waals surface area contributed by atoms with E-state index in [4.69, 9.17) is 0 Å². The third kappa shape index (κ3) is 5.87. The van der Waals surface area contributed by atoms with E-state index in [9.17, 15) is 0 Å². The average Bonchev–Trinajstić information content (AvgIpc) is 3.75. The van der Waals surface area contributed by atoms with Gasteiger partial charge in [-0.1, -0.05) is 159 Å². The Balaban J connectivity index is 0.956. The van der Waals surface area contributed by atoms with E-state index in [1.807, 2.05) is 0 Å². The summed E-state index contributed by atoms with van der Waals surface area (Å²) in [6, 6.07) is 79.7. The van der Waals surface area contributed by atoms with Gasteiger partial charge in [0, 0.05) is 38.9 Å². The smallest absolute Gasteiger partial charge is 0.0541 e.